The number of hydrogen-bond acceptors (Lipinski definition) is 2. The zero-order valence-electron chi connectivity index (χ0n) is 14.2. The van der Waals surface area contributed by atoms with Crippen LogP contribution in [-0.4, -0.2) is 30.3 Å². The van der Waals surface area contributed by atoms with Crippen LogP contribution in [0.15, 0.2) is 48.5 Å². The lowest BCUT2D eigenvalue weighted by Crippen LogP contribution is -2.34. The molecule has 0 fully saturated rings. The van der Waals surface area contributed by atoms with Crippen LogP contribution in [0.3, 0.4) is 0 Å². The van der Waals surface area contributed by atoms with Crippen molar-refractivity contribution in [2.75, 3.05) is 18.5 Å². The molecule has 4 nitrogen and oxygen atoms in total. The third-order valence-corrected chi connectivity index (χ3v) is 4.57. The minimum absolute atomic E-state index is 0.0323. The maximum atomic E-state index is 12.4. The van der Waals surface area contributed by atoms with Gasteiger partial charge in [-0.05, 0) is 23.8 Å². The van der Waals surface area contributed by atoms with Gasteiger partial charge in [-0.1, -0.05) is 53.5 Å². The van der Waals surface area contributed by atoms with Crippen LogP contribution < -0.4 is 4.90 Å². The summed E-state index contributed by atoms with van der Waals surface area (Å²) in [6.07, 6.45) is 0.225. The Bertz CT molecular complexity index is 750. The summed E-state index contributed by atoms with van der Waals surface area (Å²) in [7, 11) is 1.76. The quantitative estimate of drug-likeness (QED) is 0.747. The second kappa shape index (κ2) is 8.88. The van der Waals surface area contributed by atoms with Crippen LogP contribution in [0.5, 0.6) is 0 Å². The summed E-state index contributed by atoms with van der Waals surface area (Å²) in [4.78, 5) is 27.5. The number of benzene rings is 2. The number of carbonyl (C=O) groups excluding carboxylic acids is 2. The van der Waals surface area contributed by atoms with Crippen molar-refractivity contribution in [1.82, 2.24) is 4.90 Å². The van der Waals surface area contributed by atoms with Gasteiger partial charge in [-0.3, -0.25) is 9.59 Å². The lowest BCUT2D eigenvalue weighted by atomic mass is 10.2. The molecule has 132 valence electrons. The molecule has 0 saturated heterocycles. The van der Waals surface area contributed by atoms with E-state index in [0.717, 1.165) is 5.56 Å². The molecule has 0 aliphatic heterocycles. The lowest BCUT2D eigenvalue weighted by Gasteiger charge is -2.23. The predicted molar refractivity (Wildman–Crippen MR) is 102 cm³/mol. The Morgan fingerprint density at radius 3 is 2.28 bits per heavy atom. The van der Waals surface area contributed by atoms with Crippen molar-refractivity contribution in [3.05, 3.63) is 64.1 Å². The fraction of sp³-hybridized carbons (Fsp3) is 0.263. The van der Waals surface area contributed by atoms with E-state index in [1.54, 1.807) is 30.1 Å². The van der Waals surface area contributed by atoms with Crippen LogP contribution >= 0.6 is 23.2 Å². The summed E-state index contributed by atoms with van der Waals surface area (Å²) in [6, 6.07) is 14.7. The fourth-order valence-corrected chi connectivity index (χ4v) is 2.76. The summed E-state index contributed by atoms with van der Waals surface area (Å²) in [5.74, 6) is -0.188. The third kappa shape index (κ3) is 5.48. The van der Waals surface area contributed by atoms with E-state index >= 15 is 0 Å². The molecule has 0 aliphatic carbocycles. The summed E-state index contributed by atoms with van der Waals surface area (Å²) in [6.45, 7) is 2.28. The van der Waals surface area contributed by atoms with Crippen LogP contribution in [0, 0.1) is 0 Å². The molecule has 0 atom stereocenters. The Hall–Kier alpha value is -2.04. The predicted octanol–water partition coefficient (Wildman–Crippen LogP) is 4.40. The highest BCUT2D eigenvalue weighted by Crippen LogP contribution is 2.27. The lowest BCUT2D eigenvalue weighted by molar-refractivity contribution is -0.130. The molecule has 0 N–H and O–H groups in total. The van der Waals surface area contributed by atoms with Crippen LogP contribution in [0.2, 0.25) is 10.0 Å². The van der Waals surface area contributed by atoms with Gasteiger partial charge in [0.25, 0.3) is 0 Å². The molecule has 2 amide bonds. The zero-order valence-corrected chi connectivity index (χ0v) is 15.7. The Morgan fingerprint density at radius 2 is 1.68 bits per heavy atom. The van der Waals surface area contributed by atoms with Crippen LogP contribution in [0.25, 0.3) is 0 Å². The Morgan fingerprint density at radius 1 is 1.00 bits per heavy atom. The minimum atomic E-state index is -0.156. The zero-order chi connectivity index (χ0) is 18.4. The van der Waals surface area contributed by atoms with Crippen LogP contribution in [-0.2, 0) is 16.1 Å². The molecular weight excluding hydrogens is 359 g/mol. The number of halogens is 2. The standard InChI is InChI=1S/C19H20Cl2N2O2/c1-14(24)23(16-8-9-17(20)18(21)12-16)11-10-19(25)22(2)13-15-6-4-3-5-7-15/h3-9,12H,10-11,13H2,1-2H3. The molecule has 0 spiro atoms. The molecule has 0 heterocycles. The molecule has 0 aromatic heterocycles. The van der Waals surface area contributed by atoms with Gasteiger partial charge in [0.15, 0.2) is 0 Å². The molecule has 0 aliphatic rings. The number of hydrogen-bond donors (Lipinski definition) is 0. The van der Waals surface area contributed by atoms with Gasteiger partial charge in [0.2, 0.25) is 11.8 Å². The van der Waals surface area contributed by atoms with Gasteiger partial charge in [-0.25, -0.2) is 0 Å². The Labute approximate surface area is 157 Å². The molecule has 2 aromatic carbocycles. The largest absolute Gasteiger partial charge is 0.341 e. The van der Waals surface area contributed by atoms with E-state index in [1.165, 1.54) is 11.8 Å². The van der Waals surface area contributed by atoms with E-state index in [0.29, 0.717) is 22.3 Å². The second-order valence-corrected chi connectivity index (χ2v) is 6.57. The first-order chi connectivity index (χ1) is 11.9. The highest BCUT2D eigenvalue weighted by molar-refractivity contribution is 6.42. The van der Waals surface area contributed by atoms with Crippen molar-refractivity contribution in [2.45, 2.75) is 19.9 Å². The van der Waals surface area contributed by atoms with Gasteiger partial charge < -0.3 is 9.80 Å². The highest BCUT2D eigenvalue weighted by atomic mass is 35.5. The van der Waals surface area contributed by atoms with Crippen LogP contribution in [0.4, 0.5) is 5.69 Å². The summed E-state index contributed by atoms with van der Waals surface area (Å²) in [5, 5.41) is 0.797. The van der Waals surface area contributed by atoms with Gasteiger partial charge in [0.05, 0.1) is 10.0 Å². The van der Waals surface area contributed by atoms with E-state index in [2.05, 4.69) is 0 Å². The van der Waals surface area contributed by atoms with Gasteiger partial charge in [-0.15, -0.1) is 0 Å². The van der Waals surface area contributed by atoms with Gasteiger partial charge in [-0.2, -0.15) is 0 Å². The maximum Gasteiger partial charge on any atom is 0.224 e. The van der Waals surface area contributed by atoms with E-state index in [-0.39, 0.29) is 24.8 Å². The number of nitrogens with zero attached hydrogens (tertiary/aromatic N) is 2. The number of carbonyl (C=O) groups is 2. The number of anilines is 1. The molecule has 0 bridgehead atoms. The van der Waals surface area contributed by atoms with Crippen molar-refractivity contribution in [2.24, 2.45) is 0 Å². The monoisotopic (exact) mass is 378 g/mol. The van der Waals surface area contributed by atoms with Crippen molar-refractivity contribution < 1.29 is 9.59 Å². The molecule has 0 saturated carbocycles. The normalized spacial score (nSPS) is 10.4. The SMILES string of the molecule is CC(=O)N(CCC(=O)N(C)Cc1ccccc1)c1ccc(Cl)c(Cl)c1. The van der Waals surface area contributed by atoms with Crippen LogP contribution in [0.1, 0.15) is 18.9 Å². The van der Waals surface area contributed by atoms with Crippen molar-refractivity contribution in [3.63, 3.8) is 0 Å². The van der Waals surface area contributed by atoms with Gasteiger partial charge in [0, 0.05) is 39.2 Å². The Balaban J connectivity index is 1.99. The summed E-state index contributed by atoms with van der Waals surface area (Å²) >= 11 is 11.9. The van der Waals surface area contributed by atoms with Crippen molar-refractivity contribution in [1.29, 1.82) is 0 Å². The fourth-order valence-electron chi connectivity index (χ4n) is 2.47. The first-order valence-corrected chi connectivity index (χ1v) is 8.65. The first-order valence-electron chi connectivity index (χ1n) is 7.89. The first kappa shape index (κ1) is 19.3. The van der Waals surface area contributed by atoms with E-state index in [4.69, 9.17) is 23.2 Å². The smallest absolute Gasteiger partial charge is 0.224 e. The highest BCUT2D eigenvalue weighted by Gasteiger charge is 2.16. The number of amides is 2. The topological polar surface area (TPSA) is 40.6 Å². The third-order valence-electron chi connectivity index (χ3n) is 3.83. The van der Waals surface area contributed by atoms with E-state index in [1.807, 2.05) is 30.3 Å². The molecule has 25 heavy (non-hydrogen) atoms. The van der Waals surface area contributed by atoms with E-state index in [9.17, 15) is 9.59 Å². The van der Waals surface area contributed by atoms with Gasteiger partial charge >= 0.3 is 0 Å². The average Bonchev–Trinajstić information content (AvgIpc) is 2.58. The minimum Gasteiger partial charge on any atom is -0.341 e. The molecule has 0 unspecified atom stereocenters. The van der Waals surface area contributed by atoms with Crippen molar-refractivity contribution in [3.8, 4) is 0 Å². The van der Waals surface area contributed by atoms with Crippen molar-refractivity contribution >= 4 is 40.7 Å². The average molecular weight is 379 g/mol. The maximum absolute atomic E-state index is 12.4. The molecule has 2 aromatic rings. The summed E-state index contributed by atoms with van der Waals surface area (Å²) in [5.41, 5.74) is 1.69. The molecule has 0 radical (unpaired) electrons. The molecule has 2 rings (SSSR count). The summed E-state index contributed by atoms with van der Waals surface area (Å²) < 4.78 is 0. The van der Waals surface area contributed by atoms with E-state index < -0.39 is 0 Å². The molecular formula is C19H20Cl2N2O2. The molecule has 6 heteroatoms. The second-order valence-electron chi connectivity index (χ2n) is 5.75. The van der Waals surface area contributed by atoms with Gasteiger partial charge in [0.1, 0.15) is 0 Å². The Kier molecular flexibility index (Phi) is 6.85. The number of rotatable bonds is 6.